The van der Waals surface area contributed by atoms with Gasteiger partial charge in [0.1, 0.15) is 0 Å². The molecule has 0 unspecified atom stereocenters. The van der Waals surface area contributed by atoms with Crippen LogP contribution in [0.5, 0.6) is 0 Å². The van der Waals surface area contributed by atoms with E-state index in [4.69, 9.17) is 0 Å². The van der Waals surface area contributed by atoms with E-state index in [1.54, 1.807) is 6.20 Å². The third kappa shape index (κ3) is 4.25. The van der Waals surface area contributed by atoms with Crippen LogP contribution in [-0.2, 0) is 16.0 Å². The maximum atomic E-state index is 12.6. The number of rotatable bonds is 7. The molecule has 2 aromatic heterocycles. The Bertz CT molecular complexity index is 947. The maximum Gasteiger partial charge on any atom is 0.225 e. The molecule has 3 aromatic rings. The van der Waals surface area contributed by atoms with Crippen LogP contribution in [-0.4, -0.2) is 27.7 Å². The third-order valence-electron chi connectivity index (χ3n) is 5.08. The Morgan fingerprint density at radius 2 is 2.04 bits per heavy atom. The first-order chi connectivity index (χ1) is 13.0. The fourth-order valence-electron chi connectivity index (χ4n) is 3.32. The van der Waals surface area contributed by atoms with Crippen molar-refractivity contribution in [3.63, 3.8) is 0 Å². The number of H-pyrrole nitrogens is 1. The molecule has 0 saturated carbocycles. The summed E-state index contributed by atoms with van der Waals surface area (Å²) in [5.41, 5.74) is 3.98. The molecule has 0 radical (unpaired) electrons. The topological polar surface area (TPSA) is 74.8 Å². The molecule has 5 heteroatoms. The molecule has 1 amide bonds. The predicted octanol–water partition coefficient (Wildman–Crippen LogP) is 3.89. The van der Waals surface area contributed by atoms with Gasteiger partial charge in [0.15, 0.2) is 5.78 Å². The molecule has 0 aliphatic carbocycles. The van der Waals surface area contributed by atoms with E-state index in [0.717, 1.165) is 34.0 Å². The van der Waals surface area contributed by atoms with Crippen molar-refractivity contribution >= 4 is 22.6 Å². The second-order valence-electron chi connectivity index (χ2n) is 7.03. The molecule has 0 aliphatic heterocycles. The van der Waals surface area contributed by atoms with E-state index in [1.807, 2.05) is 50.5 Å². The first kappa shape index (κ1) is 18.8. The summed E-state index contributed by atoms with van der Waals surface area (Å²) in [6.45, 7) is 5.54. The highest BCUT2D eigenvalue weighted by Crippen LogP contribution is 2.26. The molecule has 27 heavy (non-hydrogen) atoms. The van der Waals surface area contributed by atoms with Gasteiger partial charge >= 0.3 is 0 Å². The number of hydrogen-bond acceptors (Lipinski definition) is 3. The predicted molar refractivity (Wildman–Crippen MR) is 107 cm³/mol. The van der Waals surface area contributed by atoms with Crippen LogP contribution in [0.25, 0.3) is 22.0 Å². The molecular formula is C22H25N3O2. The van der Waals surface area contributed by atoms with E-state index in [-0.39, 0.29) is 24.0 Å². The van der Waals surface area contributed by atoms with Gasteiger partial charge in [-0.2, -0.15) is 0 Å². The zero-order valence-corrected chi connectivity index (χ0v) is 16.0. The lowest BCUT2D eigenvalue weighted by molar-refractivity contribution is -0.127. The van der Waals surface area contributed by atoms with Gasteiger partial charge < -0.3 is 10.3 Å². The molecule has 0 bridgehead atoms. The second-order valence-corrected chi connectivity index (χ2v) is 7.03. The summed E-state index contributed by atoms with van der Waals surface area (Å²) >= 11 is 0. The second kappa shape index (κ2) is 8.16. The van der Waals surface area contributed by atoms with Crippen LogP contribution in [0.4, 0.5) is 0 Å². The van der Waals surface area contributed by atoms with Gasteiger partial charge in [0.05, 0.1) is 12.5 Å². The molecular weight excluding hydrogens is 338 g/mol. The average molecular weight is 363 g/mol. The Balaban J connectivity index is 1.82. The normalized spacial score (nSPS) is 13.3. The van der Waals surface area contributed by atoms with Crippen LogP contribution in [0.2, 0.25) is 0 Å². The molecule has 5 nitrogen and oxygen atoms in total. The summed E-state index contributed by atoms with van der Waals surface area (Å²) in [4.78, 5) is 31.8. The number of hydrogen-bond donors (Lipinski definition) is 2. The number of aromatic nitrogens is 2. The minimum Gasteiger partial charge on any atom is -0.361 e. The number of carbonyl (C=O) groups is 2. The van der Waals surface area contributed by atoms with Gasteiger partial charge in [0, 0.05) is 35.1 Å². The minimum absolute atomic E-state index is 0.00418. The third-order valence-corrected chi connectivity index (χ3v) is 5.08. The Morgan fingerprint density at radius 1 is 1.22 bits per heavy atom. The lowest BCUT2D eigenvalue weighted by Gasteiger charge is -2.21. The molecule has 0 fully saturated rings. The number of benzene rings is 1. The van der Waals surface area contributed by atoms with Crippen molar-refractivity contribution in [3.8, 4) is 11.1 Å². The van der Waals surface area contributed by atoms with Crippen LogP contribution in [0.15, 0.2) is 48.9 Å². The standard InChI is InChI=1S/C22H25N3O2/c1-4-14(2)22(15(3)26)25-21(27)11-18-13-24-20-8-7-16(10-19(18)20)17-6-5-9-23-12-17/h5-10,12-14,22,24H,4,11H2,1-3H3,(H,25,27)/t14-,22-/m0/s1. The summed E-state index contributed by atoms with van der Waals surface area (Å²) in [6.07, 6.45) is 6.51. The summed E-state index contributed by atoms with van der Waals surface area (Å²) in [5.74, 6) is -0.0229. The van der Waals surface area contributed by atoms with E-state index in [9.17, 15) is 9.59 Å². The van der Waals surface area contributed by atoms with E-state index < -0.39 is 6.04 Å². The average Bonchev–Trinajstić information content (AvgIpc) is 3.08. The number of fused-ring (bicyclic) bond motifs is 1. The number of Topliss-reactive ketones (excluding diaryl/α,β-unsaturated/α-hetero) is 1. The van der Waals surface area contributed by atoms with Crippen molar-refractivity contribution in [1.29, 1.82) is 0 Å². The van der Waals surface area contributed by atoms with Gasteiger partial charge in [0.25, 0.3) is 0 Å². The Labute approximate surface area is 159 Å². The number of carbonyl (C=O) groups excluding carboxylic acids is 2. The largest absolute Gasteiger partial charge is 0.361 e. The highest BCUT2D eigenvalue weighted by molar-refractivity contribution is 5.93. The molecule has 2 heterocycles. The first-order valence-corrected chi connectivity index (χ1v) is 9.29. The molecule has 0 saturated heterocycles. The van der Waals surface area contributed by atoms with Gasteiger partial charge in [-0.3, -0.25) is 14.6 Å². The van der Waals surface area contributed by atoms with Crippen molar-refractivity contribution in [2.24, 2.45) is 5.92 Å². The fraction of sp³-hybridized carbons (Fsp3) is 0.318. The quantitative estimate of drug-likeness (QED) is 0.669. The van der Waals surface area contributed by atoms with Gasteiger partial charge in [-0.15, -0.1) is 0 Å². The smallest absolute Gasteiger partial charge is 0.225 e. The van der Waals surface area contributed by atoms with Gasteiger partial charge in [-0.25, -0.2) is 0 Å². The van der Waals surface area contributed by atoms with Crippen molar-refractivity contribution in [1.82, 2.24) is 15.3 Å². The minimum atomic E-state index is -0.432. The van der Waals surface area contributed by atoms with Crippen LogP contribution in [0.1, 0.15) is 32.8 Å². The van der Waals surface area contributed by atoms with E-state index in [2.05, 4.69) is 21.4 Å². The van der Waals surface area contributed by atoms with Gasteiger partial charge in [0.2, 0.25) is 5.91 Å². The van der Waals surface area contributed by atoms with E-state index >= 15 is 0 Å². The summed E-state index contributed by atoms with van der Waals surface area (Å²) in [7, 11) is 0. The first-order valence-electron chi connectivity index (χ1n) is 9.29. The molecule has 3 rings (SSSR count). The zero-order chi connectivity index (χ0) is 19.4. The zero-order valence-electron chi connectivity index (χ0n) is 16.0. The number of nitrogens with one attached hydrogen (secondary N) is 2. The van der Waals surface area contributed by atoms with Crippen LogP contribution < -0.4 is 5.32 Å². The Morgan fingerprint density at radius 3 is 2.70 bits per heavy atom. The highest BCUT2D eigenvalue weighted by atomic mass is 16.2. The van der Waals surface area contributed by atoms with Gasteiger partial charge in [-0.1, -0.05) is 32.4 Å². The molecule has 0 aliphatic rings. The Kier molecular flexibility index (Phi) is 5.69. The van der Waals surface area contributed by atoms with E-state index in [0.29, 0.717) is 0 Å². The SMILES string of the molecule is CC[C@H](C)[C@H](NC(=O)Cc1c[nH]c2ccc(-c3cccnc3)cc12)C(C)=O. The maximum absolute atomic E-state index is 12.6. The molecule has 0 spiro atoms. The fourth-order valence-corrected chi connectivity index (χ4v) is 3.32. The van der Waals surface area contributed by atoms with Crippen LogP contribution >= 0.6 is 0 Å². The lowest BCUT2D eigenvalue weighted by atomic mass is 9.95. The molecule has 1 aromatic carbocycles. The van der Waals surface area contributed by atoms with Crippen molar-refractivity contribution < 1.29 is 9.59 Å². The van der Waals surface area contributed by atoms with Crippen LogP contribution in [0, 0.1) is 5.92 Å². The number of aromatic amines is 1. The number of pyridine rings is 1. The van der Waals surface area contributed by atoms with Gasteiger partial charge in [-0.05, 0) is 42.2 Å². The van der Waals surface area contributed by atoms with Crippen molar-refractivity contribution in [2.45, 2.75) is 39.7 Å². The molecule has 140 valence electrons. The van der Waals surface area contributed by atoms with Crippen LogP contribution in [0.3, 0.4) is 0 Å². The molecule has 2 atom stereocenters. The summed E-state index contributed by atoms with van der Waals surface area (Å²) in [5, 5.41) is 3.91. The van der Waals surface area contributed by atoms with Crippen molar-refractivity contribution in [3.05, 3.63) is 54.5 Å². The number of nitrogens with zero attached hydrogens (tertiary/aromatic N) is 1. The molecule has 2 N–H and O–H groups in total. The summed E-state index contributed by atoms with van der Waals surface area (Å²) < 4.78 is 0. The lowest BCUT2D eigenvalue weighted by Crippen LogP contribution is -2.44. The van der Waals surface area contributed by atoms with Crippen molar-refractivity contribution in [2.75, 3.05) is 0 Å². The van der Waals surface area contributed by atoms with E-state index in [1.165, 1.54) is 6.92 Å². The highest BCUT2D eigenvalue weighted by Gasteiger charge is 2.23. The summed E-state index contributed by atoms with van der Waals surface area (Å²) in [6, 6.07) is 9.60. The number of amides is 1. The monoisotopic (exact) mass is 363 g/mol. The Hall–Kier alpha value is -2.95. The number of ketones is 1.